The van der Waals surface area contributed by atoms with E-state index >= 15 is 0 Å². The minimum atomic E-state index is -0.941. The van der Waals surface area contributed by atoms with E-state index in [1.54, 1.807) is 4.90 Å². The molecule has 0 bridgehead atoms. The number of carboxylic acid groups (broad SMARTS) is 1. The third kappa shape index (κ3) is 3.31. The van der Waals surface area contributed by atoms with Gasteiger partial charge in [0.15, 0.2) is 0 Å². The Morgan fingerprint density at radius 3 is 2.79 bits per heavy atom. The van der Waals surface area contributed by atoms with Crippen LogP contribution in [-0.4, -0.2) is 48.7 Å². The summed E-state index contributed by atoms with van der Waals surface area (Å²) in [5.41, 5.74) is 1.80. The summed E-state index contributed by atoms with van der Waals surface area (Å²) in [6.07, 6.45) is 3.97. The highest BCUT2D eigenvalue weighted by Gasteiger charge is 2.46. The van der Waals surface area contributed by atoms with E-state index in [9.17, 15) is 14.7 Å². The predicted octanol–water partition coefficient (Wildman–Crippen LogP) is 2.13. The van der Waals surface area contributed by atoms with Crippen LogP contribution in [0.1, 0.15) is 30.4 Å². The molecule has 2 atom stereocenters. The van der Waals surface area contributed by atoms with Gasteiger partial charge in [0, 0.05) is 26.6 Å². The Kier molecular flexibility index (Phi) is 4.90. The normalized spacial score (nSPS) is 26.2. The average molecular weight is 331 g/mol. The summed E-state index contributed by atoms with van der Waals surface area (Å²) >= 11 is 0. The Morgan fingerprint density at radius 1 is 1.33 bits per heavy atom. The Labute approximate surface area is 142 Å². The highest BCUT2D eigenvalue weighted by Crippen LogP contribution is 2.33. The van der Waals surface area contributed by atoms with Crippen molar-refractivity contribution < 1.29 is 19.4 Å². The molecular weight excluding hydrogens is 306 g/mol. The molecule has 1 aromatic rings. The molecule has 1 amide bonds. The second-order valence-electron chi connectivity index (χ2n) is 7.17. The van der Waals surface area contributed by atoms with E-state index in [4.69, 9.17) is 4.74 Å². The standard InChI is InChI=1S/C19H25NO4/c1-24-13-19(18(22)23)8-9-20(12-19)17(21)11-14-6-7-15-4-2-3-5-16(15)10-14/h2-5,14H,6-13H2,1H3,(H,22,23). The van der Waals surface area contributed by atoms with Gasteiger partial charge in [-0.2, -0.15) is 0 Å². The van der Waals surface area contributed by atoms with Crippen LogP contribution in [0.3, 0.4) is 0 Å². The molecule has 1 saturated heterocycles. The summed E-state index contributed by atoms with van der Waals surface area (Å²) in [4.78, 5) is 25.9. The van der Waals surface area contributed by atoms with E-state index in [0.717, 1.165) is 19.3 Å². The SMILES string of the molecule is COCC1(C(=O)O)CCN(C(=O)CC2CCc3ccccc3C2)C1. The summed E-state index contributed by atoms with van der Waals surface area (Å²) in [5, 5.41) is 9.51. The van der Waals surface area contributed by atoms with Gasteiger partial charge < -0.3 is 14.7 Å². The van der Waals surface area contributed by atoms with Gasteiger partial charge in [0.1, 0.15) is 5.41 Å². The monoisotopic (exact) mass is 331 g/mol. The minimum Gasteiger partial charge on any atom is -0.481 e. The van der Waals surface area contributed by atoms with E-state index in [0.29, 0.717) is 25.3 Å². The number of hydrogen-bond donors (Lipinski definition) is 1. The third-order valence-electron chi connectivity index (χ3n) is 5.49. The van der Waals surface area contributed by atoms with E-state index in [1.165, 1.54) is 18.2 Å². The largest absolute Gasteiger partial charge is 0.481 e. The number of aryl methyl sites for hydroxylation is 1. The Balaban J connectivity index is 1.59. The van der Waals surface area contributed by atoms with Crippen LogP contribution >= 0.6 is 0 Å². The quantitative estimate of drug-likeness (QED) is 0.897. The molecule has 0 spiro atoms. The number of benzene rings is 1. The summed E-state index contributed by atoms with van der Waals surface area (Å²) in [6, 6.07) is 8.43. The molecule has 5 heteroatoms. The van der Waals surface area contributed by atoms with Crippen molar-refractivity contribution in [3.63, 3.8) is 0 Å². The number of carboxylic acids is 1. The van der Waals surface area contributed by atoms with Gasteiger partial charge in [-0.05, 0) is 42.7 Å². The van der Waals surface area contributed by atoms with Gasteiger partial charge >= 0.3 is 5.97 Å². The van der Waals surface area contributed by atoms with Crippen molar-refractivity contribution in [3.05, 3.63) is 35.4 Å². The molecule has 2 aliphatic rings. The lowest BCUT2D eigenvalue weighted by Gasteiger charge is -2.27. The summed E-state index contributed by atoms with van der Waals surface area (Å²) < 4.78 is 5.09. The number of methoxy groups -OCH3 is 1. The highest BCUT2D eigenvalue weighted by atomic mass is 16.5. The van der Waals surface area contributed by atoms with Gasteiger partial charge in [-0.3, -0.25) is 9.59 Å². The van der Waals surface area contributed by atoms with Gasteiger partial charge in [-0.15, -0.1) is 0 Å². The summed E-state index contributed by atoms with van der Waals surface area (Å²) in [6.45, 7) is 0.930. The fraction of sp³-hybridized carbons (Fsp3) is 0.579. The van der Waals surface area contributed by atoms with Crippen LogP contribution in [0.15, 0.2) is 24.3 Å². The molecule has 5 nitrogen and oxygen atoms in total. The zero-order valence-electron chi connectivity index (χ0n) is 14.2. The molecule has 1 aromatic carbocycles. The van der Waals surface area contributed by atoms with Crippen molar-refractivity contribution >= 4 is 11.9 Å². The van der Waals surface area contributed by atoms with Crippen LogP contribution in [-0.2, 0) is 27.2 Å². The summed E-state index contributed by atoms with van der Waals surface area (Å²) in [7, 11) is 1.51. The highest BCUT2D eigenvalue weighted by molar-refractivity contribution is 5.81. The average Bonchev–Trinajstić information content (AvgIpc) is 3.01. The molecule has 24 heavy (non-hydrogen) atoms. The molecule has 1 N–H and O–H groups in total. The molecule has 1 aliphatic carbocycles. The molecule has 2 unspecified atom stereocenters. The molecule has 3 rings (SSSR count). The number of rotatable bonds is 5. The molecule has 0 aromatic heterocycles. The van der Waals surface area contributed by atoms with Crippen LogP contribution in [0.5, 0.6) is 0 Å². The zero-order chi connectivity index (χ0) is 17.2. The van der Waals surface area contributed by atoms with Crippen molar-refractivity contribution in [3.8, 4) is 0 Å². The fourth-order valence-electron chi connectivity index (χ4n) is 4.04. The molecule has 1 aliphatic heterocycles. The van der Waals surface area contributed by atoms with Crippen molar-refractivity contribution in [1.29, 1.82) is 0 Å². The van der Waals surface area contributed by atoms with Crippen molar-refractivity contribution in [2.45, 2.75) is 32.1 Å². The second-order valence-corrected chi connectivity index (χ2v) is 7.17. The first-order valence-electron chi connectivity index (χ1n) is 8.61. The zero-order valence-corrected chi connectivity index (χ0v) is 14.2. The van der Waals surface area contributed by atoms with E-state index in [-0.39, 0.29) is 19.1 Å². The van der Waals surface area contributed by atoms with E-state index in [1.807, 2.05) is 0 Å². The molecule has 1 heterocycles. The Bertz CT molecular complexity index is 630. The van der Waals surface area contributed by atoms with Crippen molar-refractivity contribution in [2.24, 2.45) is 11.3 Å². The lowest BCUT2D eigenvalue weighted by Crippen LogP contribution is -2.40. The number of aliphatic carboxylic acids is 1. The maximum Gasteiger partial charge on any atom is 0.313 e. The number of carbonyl (C=O) groups is 2. The third-order valence-corrected chi connectivity index (χ3v) is 5.49. The van der Waals surface area contributed by atoms with Crippen molar-refractivity contribution in [1.82, 2.24) is 4.90 Å². The van der Waals surface area contributed by atoms with Crippen molar-refractivity contribution in [2.75, 3.05) is 26.8 Å². The molecule has 1 fully saturated rings. The maximum atomic E-state index is 12.6. The van der Waals surface area contributed by atoms with E-state index < -0.39 is 11.4 Å². The van der Waals surface area contributed by atoms with Gasteiger partial charge in [0.2, 0.25) is 5.91 Å². The number of hydrogen-bond acceptors (Lipinski definition) is 3. The van der Waals surface area contributed by atoms with Gasteiger partial charge in [0.25, 0.3) is 0 Å². The number of nitrogens with zero attached hydrogens (tertiary/aromatic N) is 1. The Morgan fingerprint density at radius 2 is 2.08 bits per heavy atom. The lowest BCUT2D eigenvalue weighted by molar-refractivity contribution is -0.151. The minimum absolute atomic E-state index is 0.0820. The fourth-order valence-corrected chi connectivity index (χ4v) is 4.04. The number of amides is 1. The molecular formula is C19H25NO4. The first-order chi connectivity index (χ1) is 11.5. The van der Waals surface area contributed by atoms with Crippen LogP contribution in [0.2, 0.25) is 0 Å². The van der Waals surface area contributed by atoms with Gasteiger partial charge in [-0.25, -0.2) is 0 Å². The van der Waals surface area contributed by atoms with Crippen LogP contribution in [0.25, 0.3) is 0 Å². The maximum absolute atomic E-state index is 12.6. The summed E-state index contributed by atoms with van der Waals surface area (Å²) in [5.74, 6) is -0.431. The number of fused-ring (bicyclic) bond motifs is 1. The number of likely N-dealkylation sites (tertiary alicyclic amines) is 1. The predicted molar refractivity (Wildman–Crippen MR) is 89.7 cm³/mol. The molecule has 0 radical (unpaired) electrons. The van der Waals surface area contributed by atoms with Crippen LogP contribution in [0, 0.1) is 11.3 Å². The van der Waals surface area contributed by atoms with Gasteiger partial charge in [-0.1, -0.05) is 24.3 Å². The van der Waals surface area contributed by atoms with E-state index in [2.05, 4.69) is 24.3 Å². The molecule has 0 saturated carbocycles. The first kappa shape index (κ1) is 17.0. The Hall–Kier alpha value is -1.88. The topological polar surface area (TPSA) is 66.8 Å². The number of carbonyl (C=O) groups excluding carboxylic acids is 1. The lowest BCUT2D eigenvalue weighted by atomic mass is 9.82. The van der Waals surface area contributed by atoms with Gasteiger partial charge in [0.05, 0.1) is 6.61 Å². The second kappa shape index (κ2) is 6.93. The molecule has 130 valence electrons. The van der Waals surface area contributed by atoms with Crippen LogP contribution in [0.4, 0.5) is 0 Å². The smallest absolute Gasteiger partial charge is 0.313 e. The first-order valence-corrected chi connectivity index (χ1v) is 8.61. The van der Waals surface area contributed by atoms with Crippen LogP contribution < -0.4 is 0 Å². The number of ether oxygens (including phenoxy) is 1.